The van der Waals surface area contributed by atoms with Crippen molar-refractivity contribution in [2.75, 3.05) is 26.3 Å². The van der Waals surface area contributed by atoms with Crippen LogP contribution in [0.1, 0.15) is 42.1 Å². The lowest BCUT2D eigenvalue weighted by molar-refractivity contribution is -0.174. The molecular formula is C18H25F3N2O4S. The van der Waals surface area contributed by atoms with Gasteiger partial charge >= 0.3 is 6.18 Å². The van der Waals surface area contributed by atoms with Crippen LogP contribution in [0.3, 0.4) is 0 Å². The molecule has 1 heterocycles. The molecule has 0 aliphatic carbocycles. The lowest BCUT2D eigenvalue weighted by atomic mass is 10.1. The van der Waals surface area contributed by atoms with Gasteiger partial charge in [0.1, 0.15) is 6.61 Å². The number of nitrogens with zero attached hydrogens (tertiary/aromatic N) is 1. The zero-order valence-corrected chi connectivity index (χ0v) is 16.7. The maximum atomic E-state index is 12.9. The third-order valence-electron chi connectivity index (χ3n) is 4.39. The fourth-order valence-electron chi connectivity index (χ4n) is 2.96. The molecule has 1 saturated heterocycles. The monoisotopic (exact) mass is 422 g/mol. The van der Waals surface area contributed by atoms with E-state index in [1.165, 1.54) is 23.4 Å². The van der Waals surface area contributed by atoms with E-state index in [2.05, 4.69) is 10.1 Å². The van der Waals surface area contributed by atoms with Crippen LogP contribution >= 0.6 is 0 Å². The standard InChI is InChI=1S/C18H25F3N2O4S/c1-13-6-7-15(17(24)22-14(2)11-27-12-18(19,20)21)10-16(13)28(25,26)23-8-4-3-5-9-23/h6-7,10,14H,3-5,8-9,11-12H2,1-2H3,(H,22,24). The Kier molecular flexibility index (Phi) is 7.46. The van der Waals surface area contributed by atoms with Gasteiger partial charge in [-0.3, -0.25) is 4.79 Å². The molecule has 28 heavy (non-hydrogen) atoms. The third kappa shape index (κ3) is 6.18. The summed E-state index contributed by atoms with van der Waals surface area (Å²) in [6.45, 7) is 2.36. The van der Waals surface area contributed by atoms with Gasteiger partial charge in [0.25, 0.3) is 5.91 Å². The van der Waals surface area contributed by atoms with E-state index in [9.17, 15) is 26.4 Å². The Bertz CT molecular complexity index is 791. The molecule has 158 valence electrons. The van der Waals surface area contributed by atoms with E-state index in [1.54, 1.807) is 13.0 Å². The van der Waals surface area contributed by atoms with Gasteiger partial charge in [0.15, 0.2) is 0 Å². The molecule has 1 aliphatic rings. The topological polar surface area (TPSA) is 75.7 Å². The number of piperidine rings is 1. The lowest BCUT2D eigenvalue weighted by Gasteiger charge is -2.26. The summed E-state index contributed by atoms with van der Waals surface area (Å²) >= 11 is 0. The normalized spacial score (nSPS) is 17.3. The van der Waals surface area contributed by atoms with Crippen molar-refractivity contribution in [3.63, 3.8) is 0 Å². The predicted molar refractivity (Wildman–Crippen MR) is 97.6 cm³/mol. The van der Waals surface area contributed by atoms with Gasteiger partial charge < -0.3 is 10.1 Å². The molecule has 0 bridgehead atoms. The van der Waals surface area contributed by atoms with E-state index < -0.39 is 34.8 Å². The molecule has 0 saturated carbocycles. The molecule has 1 amide bonds. The predicted octanol–water partition coefficient (Wildman–Crippen LogP) is 2.87. The van der Waals surface area contributed by atoms with Gasteiger partial charge in [0, 0.05) is 24.7 Å². The first-order valence-electron chi connectivity index (χ1n) is 9.07. The van der Waals surface area contributed by atoms with Gasteiger partial charge in [0.2, 0.25) is 10.0 Å². The third-order valence-corrected chi connectivity index (χ3v) is 6.43. The number of ether oxygens (including phenoxy) is 1. The van der Waals surface area contributed by atoms with Crippen molar-refractivity contribution in [1.29, 1.82) is 0 Å². The Balaban J connectivity index is 2.08. The minimum absolute atomic E-state index is 0.0722. The van der Waals surface area contributed by atoms with Crippen LogP contribution in [0.15, 0.2) is 23.1 Å². The van der Waals surface area contributed by atoms with Crippen molar-refractivity contribution in [2.24, 2.45) is 0 Å². The lowest BCUT2D eigenvalue weighted by Crippen LogP contribution is -2.37. The van der Waals surface area contributed by atoms with Gasteiger partial charge in [0.05, 0.1) is 11.5 Å². The average Bonchev–Trinajstić information content (AvgIpc) is 2.61. The number of hydrogen-bond acceptors (Lipinski definition) is 4. The highest BCUT2D eigenvalue weighted by molar-refractivity contribution is 7.89. The Morgan fingerprint density at radius 3 is 2.50 bits per heavy atom. The highest BCUT2D eigenvalue weighted by Crippen LogP contribution is 2.24. The van der Waals surface area contributed by atoms with Crippen molar-refractivity contribution < 1.29 is 31.1 Å². The number of aryl methyl sites for hydroxylation is 1. The number of hydrogen-bond donors (Lipinski definition) is 1. The Morgan fingerprint density at radius 1 is 1.25 bits per heavy atom. The van der Waals surface area contributed by atoms with Crippen LogP contribution in [0.2, 0.25) is 0 Å². The largest absolute Gasteiger partial charge is 0.411 e. The molecule has 2 rings (SSSR count). The van der Waals surface area contributed by atoms with Crippen molar-refractivity contribution in [3.05, 3.63) is 29.3 Å². The quantitative estimate of drug-likeness (QED) is 0.733. The maximum absolute atomic E-state index is 12.9. The van der Waals surface area contributed by atoms with Crippen LogP contribution in [-0.2, 0) is 14.8 Å². The van der Waals surface area contributed by atoms with Gasteiger partial charge in [-0.15, -0.1) is 0 Å². The number of nitrogens with one attached hydrogen (secondary N) is 1. The molecule has 0 spiro atoms. The molecule has 0 radical (unpaired) electrons. The van der Waals surface area contributed by atoms with Crippen LogP contribution in [0.5, 0.6) is 0 Å². The summed E-state index contributed by atoms with van der Waals surface area (Å²) in [7, 11) is -3.70. The molecular weight excluding hydrogens is 397 g/mol. The molecule has 0 aromatic heterocycles. The molecule has 1 aromatic carbocycles. The first-order valence-corrected chi connectivity index (χ1v) is 10.5. The summed E-state index contributed by atoms with van der Waals surface area (Å²) in [6.07, 6.45) is -1.85. The van der Waals surface area contributed by atoms with Crippen LogP contribution in [0.25, 0.3) is 0 Å². The van der Waals surface area contributed by atoms with Crippen molar-refractivity contribution in [1.82, 2.24) is 9.62 Å². The van der Waals surface area contributed by atoms with Crippen LogP contribution in [-0.4, -0.2) is 57.2 Å². The maximum Gasteiger partial charge on any atom is 0.411 e. The number of carbonyl (C=O) groups is 1. The molecule has 1 atom stereocenters. The zero-order chi connectivity index (χ0) is 20.9. The van der Waals surface area contributed by atoms with E-state index >= 15 is 0 Å². The summed E-state index contributed by atoms with van der Waals surface area (Å²) in [5.74, 6) is -0.571. The molecule has 1 aliphatic heterocycles. The van der Waals surface area contributed by atoms with Crippen molar-refractivity contribution in [2.45, 2.75) is 50.2 Å². The van der Waals surface area contributed by atoms with Gasteiger partial charge in [-0.25, -0.2) is 8.42 Å². The highest BCUT2D eigenvalue weighted by Gasteiger charge is 2.29. The smallest absolute Gasteiger partial charge is 0.370 e. The fraction of sp³-hybridized carbons (Fsp3) is 0.611. The Labute approximate surface area is 163 Å². The molecule has 1 aromatic rings. The minimum Gasteiger partial charge on any atom is -0.370 e. The second-order valence-electron chi connectivity index (χ2n) is 6.95. The average molecular weight is 422 g/mol. The summed E-state index contributed by atoms with van der Waals surface area (Å²) in [5, 5.41) is 2.52. The Hall–Kier alpha value is -1.65. The zero-order valence-electron chi connectivity index (χ0n) is 15.9. The van der Waals surface area contributed by atoms with Crippen molar-refractivity contribution >= 4 is 15.9 Å². The highest BCUT2D eigenvalue weighted by atomic mass is 32.2. The van der Waals surface area contributed by atoms with Crippen LogP contribution in [0.4, 0.5) is 13.2 Å². The first-order chi connectivity index (χ1) is 13.0. The number of halogens is 3. The van der Waals surface area contributed by atoms with Gasteiger partial charge in [-0.05, 0) is 44.4 Å². The SMILES string of the molecule is Cc1ccc(C(=O)NC(C)COCC(F)(F)F)cc1S(=O)(=O)N1CCCCC1. The fourth-order valence-corrected chi connectivity index (χ4v) is 4.73. The number of amides is 1. The molecule has 1 fully saturated rings. The van der Waals surface area contributed by atoms with Crippen LogP contribution < -0.4 is 5.32 Å². The van der Waals surface area contributed by atoms with Gasteiger partial charge in [-0.1, -0.05) is 12.5 Å². The second-order valence-corrected chi connectivity index (χ2v) is 8.86. The van der Waals surface area contributed by atoms with Crippen LogP contribution in [0, 0.1) is 6.92 Å². The number of carbonyl (C=O) groups excluding carboxylic acids is 1. The van der Waals surface area contributed by atoms with E-state index in [4.69, 9.17) is 0 Å². The Morgan fingerprint density at radius 2 is 1.89 bits per heavy atom. The second kappa shape index (κ2) is 9.23. The van der Waals surface area contributed by atoms with Crippen molar-refractivity contribution in [3.8, 4) is 0 Å². The molecule has 10 heteroatoms. The summed E-state index contributed by atoms with van der Waals surface area (Å²) in [4.78, 5) is 12.5. The van der Waals surface area contributed by atoms with Gasteiger partial charge in [-0.2, -0.15) is 17.5 Å². The number of sulfonamides is 1. The van der Waals surface area contributed by atoms with E-state index in [1.807, 2.05) is 0 Å². The summed E-state index contributed by atoms with van der Waals surface area (Å²) in [5.41, 5.74) is 0.660. The number of rotatable bonds is 7. The first kappa shape index (κ1) is 22.6. The van der Waals surface area contributed by atoms with E-state index in [0.29, 0.717) is 18.7 Å². The number of benzene rings is 1. The van der Waals surface area contributed by atoms with E-state index in [0.717, 1.165) is 19.3 Å². The number of alkyl halides is 3. The summed E-state index contributed by atoms with van der Waals surface area (Å²) < 4.78 is 68.1. The molecule has 1 unspecified atom stereocenters. The summed E-state index contributed by atoms with van der Waals surface area (Å²) in [6, 6.07) is 3.69. The van der Waals surface area contributed by atoms with E-state index in [-0.39, 0.29) is 17.1 Å². The minimum atomic E-state index is -4.43. The molecule has 6 nitrogen and oxygen atoms in total. The molecule has 1 N–H and O–H groups in total.